The monoisotopic (exact) mass is 185 g/mol. The van der Waals surface area contributed by atoms with Crippen molar-refractivity contribution in [3.63, 3.8) is 0 Å². The van der Waals surface area contributed by atoms with Crippen LogP contribution < -0.4 is 5.32 Å². The highest BCUT2D eigenvalue weighted by atomic mass is 16.4. The van der Waals surface area contributed by atoms with Crippen LogP contribution in [0.25, 0.3) is 0 Å². The molecular weight excluding hydrogens is 170 g/mol. The molecule has 0 saturated heterocycles. The van der Waals surface area contributed by atoms with Crippen LogP contribution >= 0.6 is 0 Å². The third kappa shape index (κ3) is 2.72. The number of rotatable bonds is 4. The summed E-state index contributed by atoms with van der Waals surface area (Å²) in [6.07, 6.45) is 3.02. The lowest BCUT2D eigenvalue weighted by Gasteiger charge is -2.24. The van der Waals surface area contributed by atoms with E-state index in [-0.39, 0.29) is 18.4 Å². The minimum Gasteiger partial charge on any atom is -0.481 e. The minimum atomic E-state index is -0.867. The smallest absolute Gasteiger partial charge is 0.308 e. The van der Waals surface area contributed by atoms with Crippen LogP contribution in [0.1, 0.15) is 26.2 Å². The minimum absolute atomic E-state index is 0.0133. The van der Waals surface area contributed by atoms with Crippen molar-refractivity contribution in [2.45, 2.75) is 26.2 Å². The van der Waals surface area contributed by atoms with Crippen molar-refractivity contribution in [3.05, 3.63) is 0 Å². The summed E-state index contributed by atoms with van der Waals surface area (Å²) in [6, 6.07) is 0. The molecule has 4 heteroatoms. The van der Waals surface area contributed by atoms with Crippen molar-refractivity contribution < 1.29 is 14.7 Å². The molecule has 0 spiro atoms. The molecule has 1 atom stereocenters. The van der Waals surface area contributed by atoms with Gasteiger partial charge in [0.15, 0.2) is 0 Å². The maximum Gasteiger partial charge on any atom is 0.308 e. The molecule has 0 unspecified atom stereocenters. The molecule has 0 aromatic carbocycles. The highest BCUT2D eigenvalue weighted by molar-refractivity contribution is 5.80. The lowest BCUT2D eigenvalue weighted by Crippen LogP contribution is -2.38. The van der Waals surface area contributed by atoms with Gasteiger partial charge in [0.1, 0.15) is 0 Å². The molecule has 2 N–H and O–H groups in total. The Labute approximate surface area is 77.3 Å². The zero-order valence-electron chi connectivity index (χ0n) is 7.75. The molecule has 13 heavy (non-hydrogen) atoms. The summed E-state index contributed by atoms with van der Waals surface area (Å²) >= 11 is 0. The van der Waals surface area contributed by atoms with E-state index in [2.05, 4.69) is 5.32 Å². The molecule has 1 saturated carbocycles. The molecule has 1 aliphatic rings. The van der Waals surface area contributed by atoms with Gasteiger partial charge >= 0.3 is 5.97 Å². The number of aliphatic carboxylic acids is 1. The number of carboxylic acids is 1. The molecule has 0 aromatic rings. The van der Waals surface area contributed by atoms with Gasteiger partial charge in [0.25, 0.3) is 0 Å². The average molecular weight is 185 g/mol. The first-order valence-electron chi connectivity index (χ1n) is 4.61. The average Bonchev–Trinajstić information content (AvgIpc) is 1.96. The molecular formula is C9H15NO3. The van der Waals surface area contributed by atoms with Crippen LogP contribution in [0.2, 0.25) is 0 Å². The van der Waals surface area contributed by atoms with E-state index in [1.807, 2.05) is 0 Å². The molecule has 1 aliphatic carbocycles. The third-order valence-corrected chi connectivity index (χ3v) is 2.48. The Hall–Kier alpha value is -1.06. The quantitative estimate of drug-likeness (QED) is 0.674. The summed E-state index contributed by atoms with van der Waals surface area (Å²) in [4.78, 5) is 21.7. The molecule has 0 aromatic heterocycles. The van der Waals surface area contributed by atoms with Gasteiger partial charge in [-0.15, -0.1) is 0 Å². The number of carbonyl (C=O) groups is 2. The van der Waals surface area contributed by atoms with Crippen LogP contribution in [0.15, 0.2) is 0 Å². The van der Waals surface area contributed by atoms with E-state index in [4.69, 9.17) is 5.11 Å². The number of hydrogen-bond donors (Lipinski definition) is 2. The first-order valence-corrected chi connectivity index (χ1v) is 4.61. The van der Waals surface area contributed by atoms with Crippen molar-refractivity contribution in [1.82, 2.24) is 5.32 Å². The first-order chi connectivity index (χ1) is 6.11. The summed E-state index contributed by atoms with van der Waals surface area (Å²) in [5, 5.41) is 11.2. The predicted molar refractivity (Wildman–Crippen MR) is 47.2 cm³/mol. The Morgan fingerprint density at radius 1 is 1.54 bits per heavy atom. The van der Waals surface area contributed by atoms with E-state index in [0.717, 1.165) is 19.3 Å². The summed E-state index contributed by atoms with van der Waals surface area (Å²) in [5.74, 6) is -1.21. The molecule has 1 amide bonds. The van der Waals surface area contributed by atoms with Gasteiger partial charge in [-0.3, -0.25) is 9.59 Å². The third-order valence-electron chi connectivity index (χ3n) is 2.48. The van der Waals surface area contributed by atoms with Crippen molar-refractivity contribution in [2.75, 3.05) is 6.54 Å². The van der Waals surface area contributed by atoms with Crippen molar-refractivity contribution >= 4 is 11.9 Å². The molecule has 4 nitrogen and oxygen atoms in total. The predicted octanol–water partition coefficient (Wildman–Crippen LogP) is 0.623. The summed E-state index contributed by atoms with van der Waals surface area (Å²) in [5.41, 5.74) is 0. The fourth-order valence-corrected chi connectivity index (χ4v) is 1.16. The lowest BCUT2D eigenvalue weighted by molar-refractivity contribution is -0.141. The molecule has 0 bridgehead atoms. The van der Waals surface area contributed by atoms with E-state index in [9.17, 15) is 9.59 Å². The fourth-order valence-electron chi connectivity index (χ4n) is 1.16. The van der Waals surface area contributed by atoms with Gasteiger partial charge in [-0.1, -0.05) is 13.3 Å². The van der Waals surface area contributed by atoms with Gasteiger partial charge < -0.3 is 10.4 Å². The number of amides is 1. The van der Waals surface area contributed by atoms with E-state index in [1.165, 1.54) is 0 Å². The number of carbonyl (C=O) groups excluding carboxylic acids is 1. The molecule has 0 heterocycles. The van der Waals surface area contributed by atoms with Crippen molar-refractivity contribution in [2.24, 2.45) is 11.8 Å². The molecule has 0 aliphatic heterocycles. The Morgan fingerprint density at radius 2 is 2.15 bits per heavy atom. The molecule has 74 valence electrons. The van der Waals surface area contributed by atoms with Gasteiger partial charge in [-0.2, -0.15) is 0 Å². The highest BCUT2D eigenvalue weighted by Gasteiger charge is 2.25. The topological polar surface area (TPSA) is 66.4 Å². The fraction of sp³-hybridized carbons (Fsp3) is 0.778. The largest absolute Gasteiger partial charge is 0.481 e. The van der Waals surface area contributed by atoms with E-state index >= 15 is 0 Å². The summed E-state index contributed by atoms with van der Waals surface area (Å²) in [6.45, 7) is 1.83. The maximum atomic E-state index is 11.2. The normalized spacial score (nSPS) is 18.8. The Balaban J connectivity index is 2.17. The van der Waals surface area contributed by atoms with Crippen LogP contribution in [0.3, 0.4) is 0 Å². The number of hydrogen-bond acceptors (Lipinski definition) is 2. The Morgan fingerprint density at radius 3 is 2.54 bits per heavy atom. The highest BCUT2D eigenvalue weighted by Crippen LogP contribution is 2.26. The van der Waals surface area contributed by atoms with Gasteiger partial charge in [0, 0.05) is 12.5 Å². The van der Waals surface area contributed by atoms with Crippen LogP contribution in [0, 0.1) is 11.8 Å². The van der Waals surface area contributed by atoms with Crippen LogP contribution in [-0.2, 0) is 9.59 Å². The van der Waals surface area contributed by atoms with Crippen molar-refractivity contribution in [1.29, 1.82) is 0 Å². The van der Waals surface area contributed by atoms with E-state index < -0.39 is 11.9 Å². The standard InChI is InChI=1S/C9H15NO3/c1-6(9(12)13)5-10-8(11)7-3-2-4-7/h6-7H,2-5H2,1H3,(H,10,11)(H,12,13)/t6-/m0/s1. The van der Waals surface area contributed by atoms with Crippen LogP contribution in [-0.4, -0.2) is 23.5 Å². The molecule has 1 rings (SSSR count). The Kier molecular flexibility index (Phi) is 3.28. The molecule has 1 fully saturated rings. The second kappa shape index (κ2) is 4.25. The van der Waals surface area contributed by atoms with E-state index in [1.54, 1.807) is 6.92 Å². The van der Waals surface area contributed by atoms with Gasteiger partial charge in [-0.25, -0.2) is 0 Å². The van der Waals surface area contributed by atoms with Gasteiger partial charge in [0.05, 0.1) is 5.92 Å². The van der Waals surface area contributed by atoms with Crippen LogP contribution in [0.4, 0.5) is 0 Å². The lowest BCUT2D eigenvalue weighted by atomic mass is 9.85. The van der Waals surface area contributed by atoms with Gasteiger partial charge in [0.2, 0.25) is 5.91 Å². The number of nitrogens with one attached hydrogen (secondary N) is 1. The summed E-state index contributed by atoms with van der Waals surface area (Å²) < 4.78 is 0. The first kappa shape index (κ1) is 10.0. The zero-order valence-corrected chi connectivity index (χ0v) is 7.75. The molecule has 0 radical (unpaired) electrons. The second-order valence-electron chi connectivity index (χ2n) is 3.61. The van der Waals surface area contributed by atoms with Gasteiger partial charge in [-0.05, 0) is 12.8 Å². The van der Waals surface area contributed by atoms with E-state index in [0.29, 0.717) is 0 Å². The summed E-state index contributed by atoms with van der Waals surface area (Å²) in [7, 11) is 0. The van der Waals surface area contributed by atoms with Crippen LogP contribution in [0.5, 0.6) is 0 Å². The van der Waals surface area contributed by atoms with Crippen molar-refractivity contribution in [3.8, 4) is 0 Å². The maximum absolute atomic E-state index is 11.2. The Bertz CT molecular complexity index is 211. The number of carboxylic acid groups (broad SMARTS) is 1. The SMILES string of the molecule is C[C@@H](CNC(=O)C1CCC1)C(=O)O. The zero-order chi connectivity index (χ0) is 9.84. The second-order valence-corrected chi connectivity index (χ2v) is 3.61.